The van der Waals surface area contributed by atoms with Crippen LogP contribution in [0.3, 0.4) is 0 Å². The van der Waals surface area contributed by atoms with Crippen LogP contribution in [-0.2, 0) is 6.54 Å². The zero-order valence-electron chi connectivity index (χ0n) is 16.8. The van der Waals surface area contributed by atoms with Crippen LogP contribution in [0, 0.1) is 0 Å². The number of furan rings is 2. The van der Waals surface area contributed by atoms with E-state index in [9.17, 15) is 9.90 Å². The van der Waals surface area contributed by atoms with Gasteiger partial charge in [-0.25, -0.2) is 4.79 Å². The molecule has 160 valence electrons. The highest BCUT2D eigenvalue weighted by atomic mass is 32.1. The van der Waals surface area contributed by atoms with Crippen LogP contribution < -0.4 is 5.32 Å². The average molecular weight is 446 g/mol. The lowest BCUT2D eigenvalue weighted by Gasteiger charge is -2.25. The molecular formula is C24H19N3O4S. The van der Waals surface area contributed by atoms with Gasteiger partial charge < -0.3 is 24.2 Å². The zero-order chi connectivity index (χ0) is 22.1. The summed E-state index contributed by atoms with van der Waals surface area (Å²) in [7, 11) is 0. The molecule has 4 aromatic rings. The topological polar surface area (TPSA) is 91.7 Å². The molecule has 32 heavy (non-hydrogen) atoms. The Morgan fingerprint density at radius 2 is 1.94 bits per heavy atom. The fraction of sp³-hybridized carbons (Fsp3) is 0.125. The van der Waals surface area contributed by atoms with Crippen molar-refractivity contribution in [3.05, 3.63) is 102 Å². The Hall–Kier alpha value is -3.91. The fourth-order valence-electron chi connectivity index (χ4n) is 4.00. The minimum absolute atomic E-state index is 0.183. The number of carboxylic acid groups (broad SMARTS) is 1. The van der Waals surface area contributed by atoms with Crippen LogP contribution in [0.15, 0.2) is 88.0 Å². The molecule has 7 nitrogen and oxygen atoms in total. The molecule has 1 fully saturated rings. The van der Waals surface area contributed by atoms with E-state index in [4.69, 9.17) is 21.1 Å². The second-order valence-electron chi connectivity index (χ2n) is 7.39. The van der Waals surface area contributed by atoms with Crippen molar-refractivity contribution >= 4 is 23.3 Å². The maximum atomic E-state index is 11.7. The molecule has 0 radical (unpaired) electrons. The molecule has 3 aromatic heterocycles. The highest BCUT2D eigenvalue weighted by Crippen LogP contribution is 2.41. The predicted octanol–water partition coefficient (Wildman–Crippen LogP) is 4.81. The molecule has 1 aliphatic heterocycles. The van der Waals surface area contributed by atoms with Gasteiger partial charge in [0.25, 0.3) is 0 Å². The lowest BCUT2D eigenvalue weighted by Crippen LogP contribution is -2.28. The summed E-state index contributed by atoms with van der Waals surface area (Å²) in [5.74, 6) is 0.889. The van der Waals surface area contributed by atoms with Gasteiger partial charge in [-0.3, -0.25) is 4.98 Å². The van der Waals surface area contributed by atoms with Gasteiger partial charge in [0.2, 0.25) is 0 Å². The lowest BCUT2D eigenvalue weighted by molar-refractivity contribution is 0.0697. The third kappa shape index (κ3) is 3.65. The number of hydrogen-bond donors (Lipinski definition) is 2. The van der Waals surface area contributed by atoms with Crippen molar-refractivity contribution in [1.29, 1.82) is 0 Å². The first kappa shape index (κ1) is 20.0. The van der Waals surface area contributed by atoms with Crippen molar-refractivity contribution in [3.63, 3.8) is 0 Å². The molecule has 0 amide bonds. The Labute approximate surface area is 189 Å². The van der Waals surface area contributed by atoms with Crippen LogP contribution >= 0.6 is 12.2 Å². The number of nitrogens with one attached hydrogen (secondary N) is 1. The quantitative estimate of drug-likeness (QED) is 0.409. The Kier molecular flexibility index (Phi) is 5.20. The minimum Gasteiger partial charge on any atom is -0.478 e. The summed E-state index contributed by atoms with van der Waals surface area (Å²) in [5, 5.41) is 13.5. The number of thiocarbonyl (C=S) groups is 1. The van der Waals surface area contributed by atoms with Gasteiger partial charge in [0.1, 0.15) is 23.3 Å². The van der Waals surface area contributed by atoms with Crippen LogP contribution in [0.4, 0.5) is 0 Å². The lowest BCUT2D eigenvalue weighted by atomic mass is 10.0. The summed E-state index contributed by atoms with van der Waals surface area (Å²) >= 11 is 5.65. The Bertz CT molecular complexity index is 1250. The van der Waals surface area contributed by atoms with Gasteiger partial charge in [0.05, 0.1) is 30.1 Å². The van der Waals surface area contributed by atoms with E-state index < -0.39 is 5.97 Å². The molecule has 0 spiro atoms. The number of benzene rings is 1. The Morgan fingerprint density at radius 1 is 1.09 bits per heavy atom. The van der Waals surface area contributed by atoms with E-state index in [0.29, 0.717) is 28.7 Å². The third-order valence-electron chi connectivity index (χ3n) is 5.45. The van der Waals surface area contributed by atoms with Gasteiger partial charge in [-0.1, -0.05) is 24.3 Å². The molecule has 0 bridgehead atoms. The number of rotatable bonds is 6. The van der Waals surface area contributed by atoms with Crippen LogP contribution in [0.5, 0.6) is 0 Å². The molecule has 1 aromatic carbocycles. The number of hydrogen-bond acceptors (Lipinski definition) is 5. The SMILES string of the molecule is O=C(O)c1ccccc1-c1ccc([C@H]2[C@@H](c3ccccn3)NC(=S)N2Cc2ccco2)o1. The van der Waals surface area contributed by atoms with Crippen LogP contribution in [0.25, 0.3) is 11.3 Å². The summed E-state index contributed by atoms with van der Waals surface area (Å²) in [4.78, 5) is 18.2. The van der Waals surface area contributed by atoms with E-state index in [-0.39, 0.29) is 17.6 Å². The van der Waals surface area contributed by atoms with Crippen molar-refractivity contribution in [2.75, 3.05) is 0 Å². The first-order valence-electron chi connectivity index (χ1n) is 10.0. The fourth-order valence-corrected chi connectivity index (χ4v) is 4.30. The first-order chi connectivity index (χ1) is 15.6. The minimum atomic E-state index is -1.01. The summed E-state index contributed by atoms with van der Waals surface area (Å²) in [6.07, 6.45) is 3.37. The highest BCUT2D eigenvalue weighted by Gasteiger charge is 2.42. The average Bonchev–Trinajstić information content (AvgIpc) is 3.56. The molecule has 1 aliphatic rings. The normalized spacial score (nSPS) is 18.0. The molecule has 4 heterocycles. The van der Waals surface area contributed by atoms with E-state index in [0.717, 1.165) is 11.5 Å². The molecule has 0 saturated carbocycles. The smallest absolute Gasteiger partial charge is 0.336 e. The van der Waals surface area contributed by atoms with Crippen molar-refractivity contribution < 1.29 is 18.7 Å². The van der Waals surface area contributed by atoms with E-state index in [1.54, 1.807) is 42.8 Å². The summed E-state index contributed by atoms with van der Waals surface area (Å²) in [6.45, 7) is 0.453. The van der Waals surface area contributed by atoms with E-state index in [1.165, 1.54) is 0 Å². The van der Waals surface area contributed by atoms with E-state index >= 15 is 0 Å². The van der Waals surface area contributed by atoms with Crippen LogP contribution in [0.1, 0.15) is 39.7 Å². The van der Waals surface area contributed by atoms with Gasteiger partial charge in [0, 0.05) is 11.8 Å². The number of carbonyl (C=O) groups is 1. The number of aromatic carboxylic acids is 1. The van der Waals surface area contributed by atoms with Gasteiger partial charge in [-0.15, -0.1) is 0 Å². The number of nitrogens with zero attached hydrogens (tertiary/aromatic N) is 2. The molecular weight excluding hydrogens is 426 g/mol. The number of aromatic nitrogens is 1. The predicted molar refractivity (Wildman–Crippen MR) is 121 cm³/mol. The van der Waals surface area contributed by atoms with Gasteiger partial charge in [0.15, 0.2) is 5.11 Å². The van der Waals surface area contributed by atoms with Crippen molar-refractivity contribution in [2.45, 2.75) is 18.6 Å². The maximum absolute atomic E-state index is 11.7. The maximum Gasteiger partial charge on any atom is 0.336 e. The van der Waals surface area contributed by atoms with Gasteiger partial charge in [-0.05, 0) is 54.7 Å². The third-order valence-corrected chi connectivity index (χ3v) is 5.80. The van der Waals surface area contributed by atoms with Gasteiger partial charge in [-0.2, -0.15) is 0 Å². The largest absolute Gasteiger partial charge is 0.478 e. The second-order valence-corrected chi connectivity index (χ2v) is 7.77. The first-order valence-corrected chi connectivity index (χ1v) is 10.5. The highest BCUT2D eigenvalue weighted by molar-refractivity contribution is 7.80. The van der Waals surface area contributed by atoms with Gasteiger partial charge >= 0.3 is 5.97 Å². The van der Waals surface area contributed by atoms with E-state index in [2.05, 4.69) is 10.3 Å². The summed E-state index contributed by atoms with van der Waals surface area (Å²) in [5.41, 5.74) is 1.53. The molecule has 0 unspecified atom stereocenters. The van der Waals surface area contributed by atoms with Crippen molar-refractivity contribution in [3.8, 4) is 11.3 Å². The Balaban J connectivity index is 1.56. The molecule has 1 saturated heterocycles. The monoisotopic (exact) mass is 445 g/mol. The van der Waals surface area contributed by atoms with Crippen LogP contribution in [0.2, 0.25) is 0 Å². The summed E-state index contributed by atoms with van der Waals surface area (Å²) in [6, 6.07) is 19.3. The number of pyridine rings is 1. The Morgan fingerprint density at radius 3 is 2.69 bits per heavy atom. The molecule has 8 heteroatoms. The van der Waals surface area contributed by atoms with Crippen molar-refractivity contribution in [2.24, 2.45) is 0 Å². The zero-order valence-corrected chi connectivity index (χ0v) is 17.7. The molecule has 0 aliphatic carbocycles. The second kappa shape index (κ2) is 8.32. The standard InChI is InChI=1S/C24H19N3O4S/c28-23(29)17-8-2-1-7-16(17)19-10-11-20(31-19)22-21(18-9-3-4-12-25-18)26-24(32)27(22)14-15-6-5-13-30-15/h1-13,21-22H,14H2,(H,26,32)(H,28,29)/t21-,22+/m1/s1. The molecule has 5 rings (SSSR count). The number of carboxylic acids is 1. The van der Waals surface area contributed by atoms with Crippen molar-refractivity contribution in [1.82, 2.24) is 15.2 Å². The summed E-state index contributed by atoms with van der Waals surface area (Å²) < 4.78 is 11.8. The molecule has 2 atom stereocenters. The molecule has 2 N–H and O–H groups in total. The van der Waals surface area contributed by atoms with Crippen LogP contribution in [-0.4, -0.2) is 26.1 Å². The van der Waals surface area contributed by atoms with E-state index in [1.807, 2.05) is 41.3 Å².